The van der Waals surface area contributed by atoms with Crippen molar-refractivity contribution in [2.75, 3.05) is 14.1 Å². The van der Waals surface area contributed by atoms with Gasteiger partial charge in [-0.3, -0.25) is 9.69 Å². The van der Waals surface area contributed by atoms with Crippen LogP contribution in [0.5, 0.6) is 0 Å². The second kappa shape index (κ2) is 7.60. The van der Waals surface area contributed by atoms with Gasteiger partial charge in [0.15, 0.2) is 0 Å². The van der Waals surface area contributed by atoms with Crippen LogP contribution in [0.4, 0.5) is 4.39 Å². The molecular weight excluding hydrogens is 341 g/mol. The summed E-state index contributed by atoms with van der Waals surface area (Å²) in [4.78, 5) is 14.8. The lowest BCUT2D eigenvalue weighted by Crippen LogP contribution is -2.55. The summed E-state index contributed by atoms with van der Waals surface area (Å²) in [6, 6.07) is 4.14. The van der Waals surface area contributed by atoms with Crippen molar-refractivity contribution in [3.63, 3.8) is 0 Å². The fourth-order valence-electron chi connectivity index (χ4n) is 4.66. The molecule has 3 unspecified atom stereocenters. The van der Waals surface area contributed by atoms with Crippen LogP contribution in [-0.4, -0.2) is 37.0 Å². The van der Waals surface area contributed by atoms with E-state index in [2.05, 4.69) is 5.32 Å². The lowest BCUT2D eigenvalue weighted by atomic mass is 9.67. The number of nitrogens with zero attached hydrogens (tertiary/aromatic N) is 1. The molecule has 0 heterocycles. The summed E-state index contributed by atoms with van der Waals surface area (Å²) in [5.74, 6) is 0.206. The fourth-order valence-corrected chi connectivity index (χ4v) is 4.93. The lowest BCUT2D eigenvalue weighted by molar-refractivity contribution is -0.128. The number of hydrogen-bond acceptors (Lipinski definition) is 3. The largest absolute Gasteiger partial charge is 0.351 e. The van der Waals surface area contributed by atoms with Crippen molar-refractivity contribution in [3.05, 3.63) is 34.6 Å². The molecule has 3 N–H and O–H groups in total. The van der Waals surface area contributed by atoms with E-state index in [1.54, 1.807) is 31.1 Å². The molecule has 1 aromatic carbocycles. The molecule has 138 valence electrons. The van der Waals surface area contributed by atoms with Gasteiger partial charge in [0.1, 0.15) is 11.9 Å². The fraction of sp³-hybridized carbons (Fsp3) is 0.632. The van der Waals surface area contributed by atoms with Gasteiger partial charge in [-0.05, 0) is 63.7 Å². The number of fused-ring (bicyclic) bond motifs is 2. The number of halogens is 2. The number of likely N-dealkylation sites (N-methyl/N-ethyl adjacent to an activating group) is 1. The minimum atomic E-state index is -0.745. The van der Waals surface area contributed by atoms with E-state index in [-0.39, 0.29) is 28.6 Å². The van der Waals surface area contributed by atoms with Crippen LogP contribution < -0.4 is 11.1 Å². The van der Waals surface area contributed by atoms with Gasteiger partial charge in [-0.2, -0.15) is 0 Å². The van der Waals surface area contributed by atoms with Gasteiger partial charge in [0.2, 0.25) is 5.91 Å². The van der Waals surface area contributed by atoms with Crippen molar-refractivity contribution < 1.29 is 9.18 Å². The van der Waals surface area contributed by atoms with Crippen molar-refractivity contribution in [1.29, 1.82) is 0 Å². The number of rotatable bonds is 4. The third kappa shape index (κ3) is 3.83. The van der Waals surface area contributed by atoms with Gasteiger partial charge in [-0.15, -0.1) is 0 Å². The van der Waals surface area contributed by atoms with E-state index in [4.69, 9.17) is 17.3 Å². The molecule has 0 aromatic heterocycles. The number of amides is 1. The van der Waals surface area contributed by atoms with Crippen LogP contribution in [0.3, 0.4) is 0 Å². The Morgan fingerprint density at radius 2 is 1.96 bits per heavy atom. The summed E-state index contributed by atoms with van der Waals surface area (Å²) in [5.41, 5.74) is 6.41. The standard InChI is InChI=1S/C19H27ClFN3O/c1-24(2)18(16-14(20)7-4-8-15(16)21)19(25)23-17-11-5-3-6-12(17)10-13(22)9-11/h4,7-8,11-13,17-18H,3,5-6,9-10,22H2,1-2H3,(H,23,25). The average Bonchev–Trinajstić information content (AvgIpc) is 2.51. The topological polar surface area (TPSA) is 58.4 Å². The third-order valence-electron chi connectivity index (χ3n) is 5.72. The van der Waals surface area contributed by atoms with Gasteiger partial charge in [0.25, 0.3) is 0 Å². The summed E-state index contributed by atoms with van der Waals surface area (Å²) in [6.45, 7) is 0. The van der Waals surface area contributed by atoms with E-state index in [1.807, 2.05) is 0 Å². The van der Waals surface area contributed by atoms with E-state index >= 15 is 0 Å². The third-order valence-corrected chi connectivity index (χ3v) is 6.05. The molecule has 0 radical (unpaired) electrons. The number of carbonyl (C=O) groups excluding carboxylic acids is 1. The molecule has 25 heavy (non-hydrogen) atoms. The molecule has 0 spiro atoms. The highest BCUT2D eigenvalue weighted by atomic mass is 35.5. The molecule has 3 atom stereocenters. The highest BCUT2D eigenvalue weighted by molar-refractivity contribution is 6.31. The Balaban J connectivity index is 1.82. The van der Waals surface area contributed by atoms with Crippen molar-refractivity contribution >= 4 is 17.5 Å². The first-order chi connectivity index (χ1) is 11.9. The van der Waals surface area contributed by atoms with Gasteiger partial charge < -0.3 is 11.1 Å². The first-order valence-corrected chi connectivity index (χ1v) is 9.42. The Labute approximate surface area is 153 Å². The number of benzene rings is 1. The van der Waals surface area contributed by atoms with Crippen LogP contribution in [0.25, 0.3) is 0 Å². The molecule has 1 amide bonds. The maximum absolute atomic E-state index is 14.4. The Bertz CT molecular complexity index is 605. The maximum Gasteiger partial charge on any atom is 0.242 e. The SMILES string of the molecule is CN(C)C(C(=O)NC1C2CCCC1CC(N)C2)c1c(F)cccc1Cl. The lowest BCUT2D eigenvalue weighted by Gasteiger charge is -2.45. The molecule has 2 aliphatic rings. The molecule has 4 nitrogen and oxygen atoms in total. The molecule has 2 fully saturated rings. The predicted molar refractivity (Wildman–Crippen MR) is 97.8 cm³/mol. The Kier molecular flexibility index (Phi) is 5.66. The van der Waals surface area contributed by atoms with Crippen molar-refractivity contribution in [2.24, 2.45) is 17.6 Å². The zero-order valence-corrected chi connectivity index (χ0v) is 15.6. The summed E-state index contributed by atoms with van der Waals surface area (Å²) in [5, 5.41) is 3.49. The number of nitrogens with two attached hydrogens (primary N) is 1. The van der Waals surface area contributed by atoms with Crippen LogP contribution in [-0.2, 0) is 4.79 Å². The monoisotopic (exact) mass is 367 g/mol. The Hall–Kier alpha value is -1.17. The quantitative estimate of drug-likeness (QED) is 0.859. The molecule has 1 aromatic rings. The predicted octanol–water partition coefficient (Wildman–Crippen LogP) is 3.10. The van der Waals surface area contributed by atoms with Gasteiger partial charge in [-0.25, -0.2) is 4.39 Å². The van der Waals surface area contributed by atoms with Crippen LogP contribution >= 0.6 is 11.6 Å². The molecular formula is C19H27ClFN3O. The molecule has 3 rings (SSSR count). The van der Waals surface area contributed by atoms with Crippen molar-refractivity contribution in [3.8, 4) is 0 Å². The summed E-state index contributed by atoms with van der Waals surface area (Å²) in [6.07, 6.45) is 5.30. The van der Waals surface area contributed by atoms with E-state index < -0.39 is 11.9 Å². The average molecular weight is 368 g/mol. The molecule has 6 heteroatoms. The number of hydrogen-bond donors (Lipinski definition) is 2. The molecule has 2 bridgehead atoms. The van der Waals surface area contributed by atoms with Crippen LogP contribution in [0.1, 0.15) is 43.7 Å². The highest BCUT2D eigenvalue weighted by Gasteiger charge is 2.41. The van der Waals surface area contributed by atoms with E-state index in [0.29, 0.717) is 11.8 Å². The minimum absolute atomic E-state index is 0.133. The highest BCUT2D eigenvalue weighted by Crippen LogP contribution is 2.40. The smallest absolute Gasteiger partial charge is 0.242 e. The molecule has 0 saturated heterocycles. The molecule has 2 saturated carbocycles. The van der Waals surface area contributed by atoms with Gasteiger partial charge in [0, 0.05) is 22.7 Å². The first kappa shape index (κ1) is 18.6. The number of carbonyl (C=O) groups is 1. The van der Waals surface area contributed by atoms with Crippen LogP contribution in [0.15, 0.2) is 18.2 Å². The Morgan fingerprint density at radius 3 is 2.52 bits per heavy atom. The van der Waals surface area contributed by atoms with E-state index in [1.165, 1.54) is 12.5 Å². The zero-order valence-electron chi connectivity index (χ0n) is 14.8. The van der Waals surface area contributed by atoms with Gasteiger partial charge in [0.05, 0.1) is 0 Å². The minimum Gasteiger partial charge on any atom is -0.351 e. The van der Waals surface area contributed by atoms with Gasteiger partial charge >= 0.3 is 0 Å². The normalized spacial score (nSPS) is 30.2. The summed E-state index contributed by atoms with van der Waals surface area (Å²) >= 11 is 6.21. The molecule has 2 aliphatic carbocycles. The van der Waals surface area contributed by atoms with E-state index in [0.717, 1.165) is 25.7 Å². The zero-order chi connectivity index (χ0) is 18.1. The molecule has 0 aliphatic heterocycles. The van der Waals surface area contributed by atoms with E-state index in [9.17, 15) is 9.18 Å². The van der Waals surface area contributed by atoms with Crippen LogP contribution in [0, 0.1) is 17.7 Å². The second-order valence-corrected chi connectivity index (χ2v) is 8.13. The maximum atomic E-state index is 14.4. The summed E-state index contributed by atoms with van der Waals surface area (Å²) < 4.78 is 14.4. The summed E-state index contributed by atoms with van der Waals surface area (Å²) in [7, 11) is 3.54. The van der Waals surface area contributed by atoms with Crippen LogP contribution in [0.2, 0.25) is 5.02 Å². The Morgan fingerprint density at radius 1 is 1.32 bits per heavy atom. The number of nitrogens with one attached hydrogen (secondary N) is 1. The second-order valence-electron chi connectivity index (χ2n) is 7.72. The van der Waals surface area contributed by atoms with Gasteiger partial charge in [-0.1, -0.05) is 24.1 Å². The first-order valence-electron chi connectivity index (χ1n) is 9.04. The van der Waals surface area contributed by atoms with Crippen molar-refractivity contribution in [1.82, 2.24) is 10.2 Å². The van der Waals surface area contributed by atoms with Crippen molar-refractivity contribution in [2.45, 2.75) is 50.2 Å².